The lowest BCUT2D eigenvalue weighted by molar-refractivity contribution is -0.125. The molecule has 170 valence electrons. The molecule has 0 bridgehead atoms. The largest absolute Gasteiger partial charge is 0.495 e. The maximum atomic E-state index is 13.2. The fourth-order valence-electron chi connectivity index (χ4n) is 3.10. The summed E-state index contributed by atoms with van der Waals surface area (Å²) in [5, 5.41) is 2.80. The number of ether oxygens (including phenoxy) is 2. The fourth-order valence-corrected chi connectivity index (χ4v) is 3.88. The summed E-state index contributed by atoms with van der Waals surface area (Å²) in [6.45, 7) is 1.89. The van der Waals surface area contributed by atoms with Crippen molar-refractivity contribution in [3.63, 3.8) is 0 Å². The number of hydrogen-bond acceptors (Lipinski definition) is 6. The number of rotatable bonds is 9. The number of thioether (sulfide) groups is 1. The van der Waals surface area contributed by atoms with E-state index in [9.17, 15) is 14.4 Å². The third kappa shape index (κ3) is 6.36. The molecule has 3 N–H and O–H groups in total. The van der Waals surface area contributed by atoms with Crippen molar-refractivity contribution >= 4 is 35.2 Å². The second-order valence-corrected chi connectivity index (χ2v) is 8.16. The molecule has 1 unspecified atom stereocenters. The highest BCUT2D eigenvalue weighted by Crippen LogP contribution is 2.29. The van der Waals surface area contributed by atoms with Crippen molar-refractivity contribution < 1.29 is 23.9 Å². The second kappa shape index (κ2) is 11.2. The molecule has 0 aliphatic rings. The van der Waals surface area contributed by atoms with Crippen LogP contribution >= 0.6 is 11.8 Å². The molecule has 0 saturated carbocycles. The van der Waals surface area contributed by atoms with Gasteiger partial charge in [0.2, 0.25) is 12.0 Å². The number of benzene rings is 3. The predicted molar refractivity (Wildman–Crippen MR) is 127 cm³/mol. The summed E-state index contributed by atoms with van der Waals surface area (Å²) < 4.78 is 11.0. The third-order valence-electron chi connectivity index (χ3n) is 4.66. The van der Waals surface area contributed by atoms with Crippen molar-refractivity contribution in [2.45, 2.75) is 17.9 Å². The minimum atomic E-state index is -1.21. The summed E-state index contributed by atoms with van der Waals surface area (Å²) in [5.41, 5.74) is 7.38. The van der Waals surface area contributed by atoms with Crippen molar-refractivity contribution in [2.24, 2.45) is 5.73 Å². The van der Waals surface area contributed by atoms with Crippen LogP contribution in [0.25, 0.3) is 0 Å². The Morgan fingerprint density at radius 3 is 2.39 bits per heavy atom. The summed E-state index contributed by atoms with van der Waals surface area (Å²) in [7, 11) is 1.51. The number of amides is 2. The molecule has 7 nitrogen and oxygen atoms in total. The highest BCUT2D eigenvalue weighted by molar-refractivity contribution is 8.00. The summed E-state index contributed by atoms with van der Waals surface area (Å²) in [6, 6.07) is 20.8. The number of carbonyl (C=O) groups is 3. The van der Waals surface area contributed by atoms with Gasteiger partial charge in [0.25, 0.3) is 5.91 Å². The number of esters is 1. The molecular weight excluding hydrogens is 440 g/mol. The Morgan fingerprint density at radius 1 is 1.00 bits per heavy atom. The fraction of sp³-hybridized carbons (Fsp3) is 0.160. The van der Waals surface area contributed by atoms with Gasteiger partial charge in [-0.05, 0) is 36.8 Å². The summed E-state index contributed by atoms with van der Waals surface area (Å²) in [6.07, 6.45) is -1.21. The van der Waals surface area contributed by atoms with E-state index in [1.165, 1.54) is 7.11 Å². The van der Waals surface area contributed by atoms with E-state index in [4.69, 9.17) is 15.2 Å². The normalized spacial score (nSPS) is 11.3. The first-order valence-corrected chi connectivity index (χ1v) is 11.1. The molecule has 1 atom stereocenters. The Hall–Kier alpha value is -3.78. The van der Waals surface area contributed by atoms with Crippen LogP contribution in [0.4, 0.5) is 5.69 Å². The van der Waals surface area contributed by atoms with Crippen LogP contribution in [0.2, 0.25) is 0 Å². The van der Waals surface area contributed by atoms with Gasteiger partial charge < -0.3 is 20.5 Å². The first kappa shape index (κ1) is 23.9. The van der Waals surface area contributed by atoms with E-state index in [0.29, 0.717) is 21.9 Å². The maximum absolute atomic E-state index is 13.2. The average Bonchev–Trinajstić information content (AvgIpc) is 2.82. The van der Waals surface area contributed by atoms with Crippen molar-refractivity contribution in [3.8, 4) is 5.75 Å². The van der Waals surface area contributed by atoms with E-state index in [0.717, 1.165) is 17.3 Å². The van der Waals surface area contributed by atoms with Crippen LogP contribution < -0.4 is 15.8 Å². The minimum Gasteiger partial charge on any atom is -0.495 e. The van der Waals surface area contributed by atoms with Gasteiger partial charge in [-0.25, -0.2) is 4.79 Å². The van der Waals surface area contributed by atoms with E-state index in [1.54, 1.807) is 66.7 Å². The van der Waals surface area contributed by atoms with Gasteiger partial charge in [0.1, 0.15) is 5.75 Å². The van der Waals surface area contributed by atoms with Gasteiger partial charge >= 0.3 is 5.97 Å². The van der Waals surface area contributed by atoms with E-state index < -0.39 is 23.9 Å². The first-order valence-electron chi connectivity index (χ1n) is 10.1. The number of primary amides is 1. The van der Waals surface area contributed by atoms with E-state index >= 15 is 0 Å². The zero-order chi connectivity index (χ0) is 23.8. The Kier molecular flexibility index (Phi) is 8.10. The highest BCUT2D eigenvalue weighted by Gasteiger charge is 2.27. The molecule has 0 fully saturated rings. The van der Waals surface area contributed by atoms with Crippen molar-refractivity contribution in [2.75, 3.05) is 18.2 Å². The highest BCUT2D eigenvalue weighted by atomic mass is 32.2. The SMILES string of the molecule is COc1ccc(C)cc1NC(=O)C(OC(=O)c1ccccc1SCC(N)=O)c1ccccc1. The molecule has 3 aromatic rings. The predicted octanol–water partition coefficient (Wildman–Crippen LogP) is 4.12. The standard InChI is InChI=1S/C25H24N2O5S/c1-16-12-13-20(31-2)19(14-16)27-24(29)23(17-8-4-3-5-9-17)32-25(30)18-10-6-7-11-21(18)33-15-22(26)28/h3-14,23H,15H2,1-2H3,(H2,26,28)(H,27,29). The number of anilines is 1. The Labute approximate surface area is 196 Å². The lowest BCUT2D eigenvalue weighted by atomic mass is 10.1. The smallest absolute Gasteiger partial charge is 0.340 e. The molecule has 0 aliphatic heterocycles. The van der Waals surface area contributed by atoms with Crippen molar-refractivity contribution in [3.05, 3.63) is 89.5 Å². The van der Waals surface area contributed by atoms with Crippen molar-refractivity contribution in [1.82, 2.24) is 0 Å². The molecule has 0 aromatic heterocycles. The number of methoxy groups -OCH3 is 1. The molecule has 0 saturated heterocycles. The molecular formula is C25H24N2O5S. The molecule has 3 rings (SSSR count). The minimum absolute atomic E-state index is 0.0139. The van der Waals surface area contributed by atoms with Crippen LogP contribution in [0.5, 0.6) is 5.75 Å². The van der Waals surface area contributed by atoms with Gasteiger partial charge in [0, 0.05) is 10.5 Å². The van der Waals surface area contributed by atoms with Crippen LogP contribution in [0, 0.1) is 6.92 Å². The molecule has 2 amide bonds. The van der Waals surface area contributed by atoms with Crippen LogP contribution in [0.15, 0.2) is 77.7 Å². The summed E-state index contributed by atoms with van der Waals surface area (Å²) in [5.74, 6) is -1.22. The van der Waals surface area contributed by atoms with Gasteiger partial charge in [-0.2, -0.15) is 0 Å². The lowest BCUT2D eigenvalue weighted by Gasteiger charge is -2.20. The van der Waals surface area contributed by atoms with Crippen LogP contribution in [0.1, 0.15) is 27.6 Å². The van der Waals surface area contributed by atoms with Crippen molar-refractivity contribution in [1.29, 1.82) is 0 Å². The zero-order valence-electron chi connectivity index (χ0n) is 18.2. The first-order chi connectivity index (χ1) is 15.9. The number of nitrogens with two attached hydrogens (primary N) is 1. The number of carbonyl (C=O) groups excluding carboxylic acids is 3. The van der Waals surface area contributed by atoms with Gasteiger partial charge in [-0.1, -0.05) is 48.5 Å². The quantitative estimate of drug-likeness (QED) is 0.364. The number of nitrogens with one attached hydrogen (secondary N) is 1. The number of hydrogen-bond donors (Lipinski definition) is 2. The topological polar surface area (TPSA) is 108 Å². The van der Waals surface area contributed by atoms with E-state index in [-0.39, 0.29) is 11.3 Å². The van der Waals surface area contributed by atoms with Crippen LogP contribution in [-0.4, -0.2) is 30.6 Å². The molecule has 0 spiro atoms. The third-order valence-corrected chi connectivity index (χ3v) is 5.75. The lowest BCUT2D eigenvalue weighted by Crippen LogP contribution is -2.26. The van der Waals surface area contributed by atoms with E-state index in [1.807, 2.05) is 13.0 Å². The van der Waals surface area contributed by atoms with Gasteiger partial charge in [0.15, 0.2) is 0 Å². The maximum Gasteiger partial charge on any atom is 0.340 e. The number of aryl methyl sites for hydroxylation is 1. The molecule has 0 aliphatic carbocycles. The van der Waals surface area contributed by atoms with Gasteiger partial charge in [-0.15, -0.1) is 11.8 Å². The van der Waals surface area contributed by atoms with E-state index in [2.05, 4.69) is 5.32 Å². The Balaban J connectivity index is 1.89. The van der Waals surface area contributed by atoms with Crippen LogP contribution in [-0.2, 0) is 14.3 Å². The summed E-state index contributed by atoms with van der Waals surface area (Å²) in [4.78, 5) is 38.0. The summed E-state index contributed by atoms with van der Waals surface area (Å²) >= 11 is 1.13. The molecule has 0 radical (unpaired) electrons. The van der Waals surface area contributed by atoms with Crippen LogP contribution in [0.3, 0.4) is 0 Å². The Morgan fingerprint density at radius 2 is 1.70 bits per heavy atom. The molecule has 33 heavy (non-hydrogen) atoms. The van der Waals surface area contributed by atoms with Gasteiger partial charge in [-0.3, -0.25) is 9.59 Å². The zero-order valence-corrected chi connectivity index (χ0v) is 19.1. The second-order valence-electron chi connectivity index (χ2n) is 7.14. The average molecular weight is 465 g/mol. The molecule has 3 aromatic carbocycles. The monoisotopic (exact) mass is 464 g/mol. The van der Waals surface area contributed by atoms with Gasteiger partial charge in [0.05, 0.1) is 24.1 Å². The Bertz CT molecular complexity index is 1150. The molecule has 0 heterocycles. The molecule has 8 heteroatoms.